The Morgan fingerprint density at radius 1 is 1.08 bits per heavy atom. The number of anilines is 1. The molecular formula is C17H14N6O2. The Bertz CT molecular complexity index is 966. The second-order valence-corrected chi connectivity index (χ2v) is 5.07. The third-order valence-electron chi connectivity index (χ3n) is 3.21. The second-order valence-electron chi connectivity index (χ2n) is 5.07. The molecule has 0 bridgehead atoms. The van der Waals surface area contributed by atoms with Crippen molar-refractivity contribution in [3.05, 3.63) is 60.3 Å². The normalized spacial score (nSPS) is 11.8. The first kappa shape index (κ1) is 16.2. The number of nitrogens with one attached hydrogen (secondary N) is 1. The number of nitrogens with zero attached hydrogens (tertiary/aromatic N) is 5. The van der Waals surface area contributed by atoms with E-state index in [-0.39, 0.29) is 5.56 Å². The van der Waals surface area contributed by atoms with Crippen molar-refractivity contribution in [1.29, 1.82) is 0 Å². The maximum atomic E-state index is 10.8. The Kier molecular flexibility index (Phi) is 4.70. The number of para-hydroxylation sites is 2. The lowest BCUT2D eigenvalue weighted by molar-refractivity contribution is 0.0697. The first-order valence-electron chi connectivity index (χ1n) is 7.39. The molecule has 0 saturated carbocycles. The Morgan fingerprint density at radius 3 is 2.52 bits per heavy atom. The highest BCUT2D eigenvalue weighted by Gasteiger charge is 2.01. The quantitative estimate of drug-likeness (QED) is 0.325. The van der Waals surface area contributed by atoms with Gasteiger partial charge >= 0.3 is 5.97 Å². The van der Waals surface area contributed by atoms with Gasteiger partial charge in [-0.05, 0) is 43.3 Å². The highest BCUT2D eigenvalue weighted by atomic mass is 16.4. The van der Waals surface area contributed by atoms with Crippen LogP contribution in [0.5, 0.6) is 0 Å². The molecule has 0 atom stereocenters. The van der Waals surface area contributed by atoms with Crippen LogP contribution in [0.3, 0.4) is 0 Å². The van der Waals surface area contributed by atoms with E-state index in [2.05, 4.69) is 30.7 Å². The third kappa shape index (κ3) is 4.20. The number of azo groups is 1. The van der Waals surface area contributed by atoms with Crippen LogP contribution < -0.4 is 5.43 Å². The molecule has 25 heavy (non-hydrogen) atoms. The summed E-state index contributed by atoms with van der Waals surface area (Å²) in [6, 6.07) is 13.7. The first-order chi connectivity index (χ1) is 12.1. The van der Waals surface area contributed by atoms with E-state index in [0.29, 0.717) is 17.3 Å². The van der Waals surface area contributed by atoms with Crippen LogP contribution in [0.2, 0.25) is 0 Å². The van der Waals surface area contributed by atoms with Crippen molar-refractivity contribution in [3.8, 4) is 0 Å². The number of carboxylic acids is 1. The van der Waals surface area contributed by atoms with Crippen LogP contribution in [-0.4, -0.2) is 26.9 Å². The van der Waals surface area contributed by atoms with Crippen molar-refractivity contribution >= 4 is 34.3 Å². The minimum atomic E-state index is -0.975. The van der Waals surface area contributed by atoms with Crippen LogP contribution in [0.15, 0.2) is 70.1 Å². The zero-order valence-corrected chi connectivity index (χ0v) is 13.3. The average Bonchev–Trinajstić information content (AvgIpc) is 2.65. The molecule has 0 radical (unpaired) electrons. The summed E-state index contributed by atoms with van der Waals surface area (Å²) in [5.41, 5.74) is 5.17. The number of hydrogen-bond donors (Lipinski definition) is 2. The molecule has 1 aromatic heterocycles. The van der Waals surface area contributed by atoms with Gasteiger partial charge in [-0.15, -0.1) is 10.2 Å². The number of carboxylic acid groups (broad SMARTS) is 1. The monoisotopic (exact) mass is 334 g/mol. The number of carbonyl (C=O) groups is 1. The van der Waals surface area contributed by atoms with Gasteiger partial charge in [0.2, 0.25) is 0 Å². The van der Waals surface area contributed by atoms with Crippen LogP contribution in [0.1, 0.15) is 17.3 Å². The Labute approximate surface area is 143 Å². The second kappa shape index (κ2) is 7.26. The first-order valence-corrected chi connectivity index (χ1v) is 7.39. The lowest BCUT2D eigenvalue weighted by Gasteiger charge is -2.01. The summed E-state index contributed by atoms with van der Waals surface area (Å²) >= 11 is 0. The van der Waals surface area contributed by atoms with Crippen molar-refractivity contribution < 1.29 is 9.90 Å². The molecule has 0 aliphatic rings. The van der Waals surface area contributed by atoms with E-state index in [4.69, 9.17) is 5.11 Å². The van der Waals surface area contributed by atoms with Crippen molar-refractivity contribution in [1.82, 2.24) is 9.97 Å². The molecule has 8 heteroatoms. The van der Waals surface area contributed by atoms with E-state index < -0.39 is 5.97 Å². The fourth-order valence-electron chi connectivity index (χ4n) is 1.97. The molecule has 8 nitrogen and oxygen atoms in total. The van der Waals surface area contributed by atoms with Crippen molar-refractivity contribution in [2.45, 2.75) is 6.92 Å². The van der Waals surface area contributed by atoms with Gasteiger partial charge in [0.15, 0.2) is 11.7 Å². The summed E-state index contributed by atoms with van der Waals surface area (Å²) in [7, 11) is 0. The average molecular weight is 334 g/mol. The molecule has 0 unspecified atom stereocenters. The standard InChI is InChI=1S/C17H14N6O2/c1-11(20-22-13-8-6-12(7-9-13)17(24)25)21-23-16-10-18-14-4-2-3-5-15(14)19-16/h2-10,22H,1H3,(H,24,25)/b20-11+,23-21?. The van der Waals surface area contributed by atoms with Gasteiger partial charge in [0.05, 0.1) is 28.5 Å². The van der Waals surface area contributed by atoms with Crippen molar-refractivity contribution in [2.24, 2.45) is 15.3 Å². The van der Waals surface area contributed by atoms with E-state index in [1.807, 2.05) is 24.3 Å². The maximum Gasteiger partial charge on any atom is 0.335 e. The zero-order chi connectivity index (χ0) is 17.6. The van der Waals surface area contributed by atoms with E-state index in [9.17, 15) is 4.79 Å². The number of amidine groups is 1. The van der Waals surface area contributed by atoms with E-state index >= 15 is 0 Å². The summed E-state index contributed by atoms with van der Waals surface area (Å²) in [4.78, 5) is 19.4. The molecule has 3 aromatic rings. The number of aromatic nitrogens is 2. The number of fused-ring (bicyclic) bond motifs is 1. The van der Waals surface area contributed by atoms with Gasteiger partial charge in [0.25, 0.3) is 0 Å². The molecule has 0 amide bonds. The van der Waals surface area contributed by atoms with E-state index in [0.717, 1.165) is 11.0 Å². The van der Waals surface area contributed by atoms with E-state index in [1.165, 1.54) is 18.3 Å². The molecule has 2 aromatic carbocycles. The molecular weight excluding hydrogens is 320 g/mol. The smallest absolute Gasteiger partial charge is 0.335 e. The van der Waals surface area contributed by atoms with Crippen LogP contribution in [0.25, 0.3) is 11.0 Å². The van der Waals surface area contributed by atoms with Crippen molar-refractivity contribution in [3.63, 3.8) is 0 Å². The number of aromatic carboxylic acids is 1. The van der Waals surface area contributed by atoms with Gasteiger partial charge in [0, 0.05) is 0 Å². The molecule has 124 valence electrons. The molecule has 0 fully saturated rings. The van der Waals surface area contributed by atoms with E-state index in [1.54, 1.807) is 19.1 Å². The fraction of sp³-hybridized carbons (Fsp3) is 0.0588. The van der Waals surface area contributed by atoms with Crippen molar-refractivity contribution in [2.75, 3.05) is 5.43 Å². The number of rotatable bonds is 4. The molecule has 0 saturated heterocycles. The van der Waals surface area contributed by atoms with Gasteiger partial charge in [-0.1, -0.05) is 12.1 Å². The Balaban J connectivity index is 1.67. The van der Waals surface area contributed by atoms with Crippen LogP contribution in [0.4, 0.5) is 11.5 Å². The number of hydrazone groups is 1. The van der Waals surface area contributed by atoms with Crippen LogP contribution >= 0.6 is 0 Å². The Hall–Kier alpha value is -3.68. The lowest BCUT2D eigenvalue weighted by Crippen LogP contribution is -1.97. The summed E-state index contributed by atoms with van der Waals surface area (Å²) in [5.74, 6) is -0.201. The summed E-state index contributed by atoms with van der Waals surface area (Å²) < 4.78 is 0. The molecule has 2 N–H and O–H groups in total. The van der Waals surface area contributed by atoms with Crippen LogP contribution in [0, 0.1) is 0 Å². The van der Waals surface area contributed by atoms with Gasteiger partial charge in [-0.25, -0.2) is 9.78 Å². The van der Waals surface area contributed by atoms with Gasteiger partial charge in [-0.3, -0.25) is 10.4 Å². The molecule has 3 rings (SSSR count). The minimum absolute atomic E-state index is 0.209. The topological polar surface area (TPSA) is 112 Å². The number of hydrogen-bond acceptors (Lipinski definition) is 6. The number of benzene rings is 2. The van der Waals surface area contributed by atoms with Gasteiger partial charge < -0.3 is 5.11 Å². The van der Waals surface area contributed by atoms with Crippen LogP contribution in [-0.2, 0) is 0 Å². The third-order valence-corrected chi connectivity index (χ3v) is 3.21. The summed E-state index contributed by atoms with van der Waals surface area (Å²) in [6.45, 7) is 1.68. The molecule has 1 heterocycles. The largest absolute Gasteiger partial charge is 0.478 e. The summed E-state index contributed by atoms with van der Waals surface area (Å²) in [6.07, 6.45) is 1.54. The van der Waals surface area contributed by atoms with Gasteiger partial charge in [-0.2, -0.15) is 5.10 Å². The zero-order valence-electron chi connectivity index (χ0n) is 13.3. The molecule has 0 spiro atoms. The minimum Gasteiger partial charge on any atom is -0.478 e. The summed E-state index contributed by atoms with van der Waals surface area (Å²) in [5, 5.41) is 20.9. The molecule has 0 aliphatic heterocycles. The Morgan fingerprint density at radius 2 is 1.80 bits per heavy atom. The maximum absolute atomic E-state index is 10.8. The predicted molar refractivity (Wildman–Crippen MR) is 94.2 cm³/mol. The SMILES string of the molecule is C/C(N=Nc1cnc2ccccc2n1)=N\Nc1ccc(C(=O)O)cc1. The highest BCUT2D eigenvalue weighted by Crippen LogP contribution is 2.14. The predicted octanol–water partition coefficient (Wildman–Crippen LogP) is 3.86. The lowest BCUT2D eigenvalue weighted by atomic mass is 10.2. The van der Waals surface area contributed by atoms with Gasteiger partial charge in [0.1, 0.15) is 0 Å². The fourth-order valence-corrected chi connectivity index (χ4v) is 1.97. The highest BCUT2D eigenvalue weighted by molar-refractivity contribution is 5.88. The molecule has 0 aliphatic carbocycles.